The number of benzene rings is 1. The highest BCUT2D eigenvalue weighted by molar-refractivity contribution is 5.91. The molecule has 1 aromatic rings. The number of methoxy groups -OCH3 is 1. The number of ether oxygens (including phenoxy) is 2. The van der Waals surface area contributed by atoms with E-state index >= 15 is 0 Å². The second-order valence-electron chi connectivity index (χ2n) is 10.2. The van der Waals surface area contributed by atoms with Crippen LogP contribution in [-0.2, 0) is 25.5 Å². The monoisotopic (exact) mass is 486 g/mol. The van der Waals surface area contributed by atoms with Crippen LogP contribution in [-0.4, -0.2) is 65.2 Å². The van der Waals surface area contributed by atoms with Crippen LogP contribution in [0.25, 0.3) is 0 Å². The van der Waals surface area contributed by atoms with Gasteiger partial charge < -0.3 is 14.4 Å². The van der Waals surface area contributed by atoms with Crippen LogP contribution >= 0.6 is 0 Å². The Hall–Kier alpha value is -2.83. The summed E-state index contributed by atoms with van der Waals surface area (Å²) in [4.78, 5) is 43.6. The number of allylic oxidation sites excluding steroid dienone is 1. The number of carbonyl (C=O) groups excluding carboxylic acids is 3. The van der Waals surface area contributed by atoms with Crippen molar-refractivity contribution in [3.05, 3.63) is 48.0 Å². The highest BCUT2D eigenvalue weighted by Gasteiger charge is 2.46. The number of nitrogens with zero attached hydrogens (tertiary/aromatic N) is 2. The van der Waals surface area contributed by atoms with Crippen LogP contribution in [0.15, 0.2) is 42.5 Å². The van der Waals surface area contributed by atoms with Crippen molar-refractivity contribution in [2.75, 3.05) is 13.7 Å². The Bertz CT molecular complexity index is 877. The van der Waals surface area contributed by atoms with Gasteiger partial charge in [0.25, 0.3) is 0 Å². The number of hydrogen-bond acceptors (Lipinski definition) is 5. The molecule has 0 saturated carbocycles. The van der Waals surface area contributed by atoms with Gasteiger partial charge in [-0.1, -0.05) is 63.3 Å². The van der Waals surface area contributed by atoms with E-state index < -0.39 is 29.7 Å². The van der Waals surface area contributed by atoms with Crippen molar-refractivity contribution in [1.29, 1.82) is 0 Å². The molecule has 0 N–H and O–H groups in total. The van der Waals surface area contributed by atoms with Crippen LogP contribution in [0.4, 0.5) is 4.79 Å². The molecule has 1 heterocycles. The summed E-state index contributed by atoms with van der Waals surface area (Å²) in [5.41, 5.74) is 0.256. The lowest BCUT2D eigenvalue weighted by Crippen LogP contribution is -2.58. The first kappa shape index (κ1) is 28.4. The molecule has 1 fully saturated rings. The Kier molecular flexibility index (Phi) is 10.3. The molecule has 1 aliphatic heterocycles. The molecule has 35 heavy (non-hydrogen) atoms. The van der Waals surface area contributed by atoms with Crippen molar-refractivity contribution in [2.24, 2.45) is 5.92 Å². The summed E-state index contributed by atoms with van der Waals surface area (Å²) in [6.07, 6.45) is 5.93. The number of amides is 2. The normalized spacial score (nSPS) is 19.9. The molecule has 2 amide bonds. The third kappa shape index (κ3) is 7.58. The SMILES string of the molecule is CC/C=C/[C@H](CC)N(C(=O)[C@H]1[C@H](C)CCN1C(=O)OC(C)(C)C)[C@H](Cc1ccccc1)C(=O)OC. The fourth-order valence-electron chi connectivity index (χ4n) is 4.54. The first-order valence-electron chi connectivity index (χ1n) is 12.6. The summed E-state index contributed by atoms with van der Waals surface area (Å²) in [5.74, 6) is -0.792. The lowest BCUT2D eigenvalue weighted by atomic mass is 9.96. The van der Waals surface area contributed by atoms with E-state index in [1.807, 2.05) is 84.0 Å². The average molecular weight is 487 g/mol. The zero-order chi connectivity index (χ0) is 26.2. The Morgan fingerprint density at radius 3 is 2.37 bits per heavy atom. The van der Waals surface area contributed by atoms with E-state index in [0.717, 1.165) is 12.0 Å². The minimum atomic E-state index is -0.824. The largest absolute Gasteiger partial charge is 0.467 e. The molecule has 1 aliphatic rings. The second-order valence-corrected chi connectivity index (χ2v) is 10.2. The number of likely N-dealkylation sites (tertiary alicyclic amines) is 1. The van der Waals surface area contributed by atoms with Gasteiger partial charge in [0.15, 0.2) is 0 Å². The number of esters is 1. The maximum Gasteiger partial charge on any atom is 0.410 e. The minimum Gasteiger partial charge on any atom is -0.467 e. The zero-order valence-corrected chi connectivity index (χ0v) is 22.3. The van der Waals surface area contributed by atoms with Gasteiger partial charge in [-0.2, -0.15) is 0 Å². The van der Waals surface area contributed by atoms with Gasteiger partial charge in [0.05, 0.1) is 13.2 Å². The molecular formula is C28H42N2O5. The maximum absolute atomic E-state index is 14.3. The van der Waals surface area contributed by atoms with E-state index in [9.17, 15) is 14.4 Å². The molecule has 0 radical (unpaired) electrons. The molecule has 0 bridgehead atoms. The Morgan fingerprint density at radius 2 is 1.83 bits per heavy atom. The van der Waals surface area contributed by atoms with E-state index in [2.05, 4.69) is 0 Å². The summed E-state index contributed by atoms with van der Waals surface area (Å²) in [6.45, 7) is 11.9. The summed E-state index contributed by atoms with van der Waals surface area (Å²) in [7, 11) is 1.34. The summed E-state index contributed by atoms with van der Waals surface area (Å²) in [6, 6.07) is 7.76. The zero-order valence-electron chi connectivity index (χ0n) is 22.3. The Morgan fingerprint density at radius 1 is 1.17 bits per heavy atom. The van der Waals surface area contributed by atoms with Crippen LogP contribution in [0, 0.1) is 5.92 Å². The summed E-state index contributed by atoms with van der Waals surface area (Å²) >= 11 is 0. The third-order valence-electron chi connectivity index (χ3n) is 6.29. The fourth-order valence-corrected chi connectivity index (χ4v) is 4.54. The van der Waals surface area contributed by atoms with Crippen LogP contribution in [0.2, 0.25) is 0 Å². The highest BCUT2D eigenvalue weighted by atomic mass is 16.6. The van der Waals surface area contributed by atoms with Gasteiger partial charge in [0.1, 0.15) is 17.7 Å². The van der Waals surface area contributed by atoms with Gasteiger partial charge in [-0.05, 0) is 51.5 Å². The predicted octanol–water partition coefficient (Wildman–Crippen LogP) is 4.99. The second kappa shape index (κ2) is 12.8. The van der Waals surface area contributed by atoms with E-state index in [1.165, 1.54) is 12.0 Å². The Balaban J connectivity index is 2.52. The third-order valence-corrected chi connectivity index (χ3v) is 6.29. The van der Waals surface area contributed by atoms with Crippen LogP contribution in [0.1, 0.15) is 66.4 Å². The first-order chi connectivity index (χ1) is 16.5. The summed E-state index contributed by atoms with van der Waals surface area (Å²) in [5, 5.41) is 0. The van der Waals surface area contributed by atoms with Gasteiger partial charge in [0, 0.05) is 13.0 Å². The van der Waals surface area contributed by atoms with Gasteiger partial charge in [-0.3, -0.25) is 9.69 Å². The fraction of sp³-hybridized carbons (Fsp3) is 0.607. The molecular weight excluding hydrogens is 444 g/mol. The number of carbonyl (C=O) groups is 3. The molecule has 0 aromatic heterocycles. The number of rotatable bonds is 9. The van der Waals surface area contributed by atoms with Crippen molar-refractivity contribution in [1.82, 2.24) is 9.80 Å². The van der Waals surface area contributed by atoms with Crippen molar-refractivity contribution < 1.29 is 23.9 Å². The van der Waals surface area contributed by atoms with Gasteiger partial charge in [0.2, 0.25) is 5.91 Å². The van der Waals surface area contributed by atoms with Crippen LogP contribution in [0.5, 0.6) is 0 Å². The molecule has 2 rings (SSSR count). The van der Waals surface area contributed by atoms with Gasteiger partial charge in [-0.25, -0.2) is 9.59 Å². The molecule has 0 unspecified atom stereocenters. The lowest BCUT2D eigenvalue weighted by Gasteiger charge is -2.39. The molecule has 1 aromatic carbocycles. The van der Waals surface area contributed by atoms with Crippen molar-refractivity contribution in [3.63, 3.8) is 0 Å². The first-order valence-corrected chi connectivity index (χ1v) is 12.6. The maximum atomic E-state index is 14.3. The van der Waals surface area contributed by atoms with Crippen molar-refractivity contribution >= 4 is 18.0 Å². The Labute approximate surface area is 210 Å². The average Bonchev–Trinajstić information content (AvgIpc) is 3.21. The quantitative estimate of drug-likeness (QED) is 0.363. The van der Waals surface area contributed by atoms with E-state index in [0.29, 0.717) is 25.8 Å². The molecule has 4 atom stereocenters. The van der Waals surface area contributed by atoms with Crippen LogP contribution < -0.4 is 0 Å². The number of hydrogen-bond donors (Lipinski definition) is 0. The molecule has 7 heteroatoms. The molecule has 0 spiro atoms. The van der Waals surface area contributed by atoms with Gasteiger partial charge >= 0.3 is 12.1 Å². The van der Waals surface area contributed by atoms with E-state index in [1.54, 1.807) is 4.90 Å². The molecule has 194 valence electrons. The topological polar surface area (TPSA) is 76.2 Å². The molecule has 1 saturated heterocycles. The molecule has 7 nitrogen and oxygen atoms in total. The van der Waals surface area contributed by atoms with E-state index in [4.69, 9.17) is 9.47 Å². The van der Waals surface area contributed by atoms with Gasteiger partial charge in [-0.15, -0.1) is 0 Å². The predicted molar refractivity (Wildman–Crippen MR) is 137 cm³/mol. The minimum absolute atomic E-state index is 0.0693. The lowest BCUT2D eigenvalue weighted by molar-refractivity contribution is -0.156. The van der Waals surface area contributed by atoms with E-state index in [-0.39, 0.29) is 17.9 Å². The van der Waals surface area contributed by atoms with Crippen molar-refractivity contribution in [2.45, 2.75) is 91.0 Å². The summed E-state index contributed by atoms with van der Waals surface area (Å²) < 4.78 is 10.8. The highest BCUT2D eigenvalue weighted by Crippen LogP contribution is 2.30. The van der Waals surface area contributed by atoms with Crippen LogP contribution in [0.3, 0.4) is 0 Å². The smallest absolute Gasteiger partial charge is 0.410 e. The standard InChI is InChI=1S/C28H42N2O5/c1-8-10-16-22(9-2)30(23(26(32)34-7)19-21-14-12-11-13-15-21)25(31)24-20(3)17-18-29(24)27(33)35-28(4,5)6/h10-16,20,22-24H,8-9,17-19H2,1-7H3/b16-10+/t20-,22+,23-,24-/m1/s1. The van der Waals surface area contributed by atoms with Crippen molar-refractivity contribution in [3.8, 4) is 0 Å². The molecule has 0 aliphatic carbocycles.